The molecular weight excluding hydrogens is 522 g/mol. The third-order valence-corrected chi connectivity index (χ3v) is 9.23. The van der Waals surface area contributed by atoms with E-state index < -0.39 is 15.4 Å². The molecule has 208 valence electrons. The maximum Gasteiger partial charge on any atom is 0.230 e. The molecule has 2 unspecified atom stereocenters. The average molecular weight is 562 g/mol. The minimum atomic E-state index is -3.21. The number of hydrogen-bond donors (Lipinski definition) is 2. The molecule has 1 heterocycles. The molecule has 1 aliphatic heterocycles. The van der Waals surface area contributed by atoms with E-state index in [-0.39, 0.29) is 18.0 Å². The fraction of sp³-hybridized carbons (Fsp3) is 0.552. The van der Waals surface area contributed by atoms with Crippen LogP contribution >= 0.6 is 11.6 Å². The van der Waals surface area contributed by atoms with Crippen molar-refractivity contribution in [3.63, 3.8) is 0 Å². The molecule has 1 aliphatic carbocycles. The molecule has 2 aromatic rings. The molecule has 1 saturated carbocycles. The van der Waals surface area contributed by atoms with Crippen molar-refractivity contribution in [3.05, 3.63) is 64.2 Å². The summed E-state index contributed by atoms with van der Waals surface area (Å²) >= 11 is 6.34. The van der Waals surface area contributed by atoms with Gasteiger partial charge in [-0.2, -0.15) is 0 Å². The van der Waals surface area contributed by atoms with Gasteiger partial charge in [0.1, 0.15) is 5.75 Å². The van der Waals surface area contributed by atoms with Gasteiger partial charge in [0.2, 0.25) is 15.9 Å². The molecule has 4 rings (SSSR count). The number of piperidine rings is 1. The third-order valence-electron chi connectivity index (χ3n) is 8.05. The van der Waals surface area contributed by atoms with E-state index in [1.54, 1.807) is 7.11 Å². The summed E-state index contributed by atoms with van der Waals surface area (Å²) in [6, 6.07) is 13.8. The number of hydrogen-bond acceptors (Lipinski definition) is 5. The highest BCUT2D eigenvalue weighted by atomic mass is 35.5. The number of carbonyl (C=O) groups is 1. The summed E-state index contributed by atoms with van der Waals surface area (Å²) in [4.78, 5) is 16.4. The number of methoxy groups -OCH3 is 1. The number of benzene rings is 2. The minimum absolute atomic E-state index is 0.0144. The van der Waals surface area contributed by atoms with E-state index in [0.717, 1.165) is 67.8 Å². The largest absolute Gasteiger partial charge is 0.497 e. The van der Waals surface area contributed by atoms with Crippen molar-refractivity contribution in [2.75, 3.05) is 33.0 Å². The number of aryl methyl sites for hydroxylation is 1. The van der Waals surface area contributed by atoms with E-state index in [9.17, 15) is 13.2 Å². The number of likely N-dealkylation sites (tertiary alicyclic amines) is 1. The normalized spacial score (nSPS) is 19.5. The minimum Gasteiger partial charge on any atom is -0.497 e. The van der Waals surface area contributed by atoms with Crippen LogP contribution in [0.3, 0.4) is 0 Å². The van der Waals surface area contributed by atoms with Crippen molar-refractivity contribution in [3.8, 4) is 5.75 Å². The van der Waals surface area contributed by atoms with Crippen LogP contribution in [0.25, 0.3) is 0 Å². The van der Waals surface area contributed by atoms with Crippen molar-refractivity contribution >= 4 is 27.5 Å². The van der Waals surface area contributed by atoms with Gasteiger partial charge in [-0.05, 0) is 106 Å². The van der Waals surface area contributed by atoms with Crippen LogP contribution in [0.2, 0.25) is 5.02 Å². The van der Waals surface area contributed by atoms with Crippen LogP contribution in [0, 0.1) is 12.8 Å². The molecule has 2 atom stereocenters. The van der Waals surface area contributed by atoms with E-state index in [1.807, 2.05) is 56.3 Å². The highest BCUT2D eigenvalue weighted by Crippen LogP contribution is 2.42. The average Bonchev–Trinajstić information content (AvgIpc) is 3.72. The SMILES string of the molecule is COc1ccc(C(NC(=O)C(C)(CCN2CCC(NS(C)(=O)=O)CC2)c2ccc(Cl)c(C)c2)C2CC2)cc1. The number of rotatable bonds is 11. The van der Waals surface area contributed by atoms with Crippen LogP contribution < -0.4 is 14.8 Å². The van der Waals surface area contributed by atoms with Crippen molar-refractivity contribution < 1.29 is 17.9 Å². The summed E-state index contributed by atoms with van der Waals surface area (Å²) in [5, 5.41) is 4.10. The number of amides is 1. The lowest BCUT2D eigenvalue weighted by Crippen LogP contribution is -2.48. The molecule has 2 aromatic carbocycles. The maximum atomic E-state index is 14.1. The lowest BCUT2D eigenvalue weighted by Gasteiger charge is -2.36. The van der Waals surface area contributed by atoms with E-state index in [4.69, 9.17) is 16.3 Å². The highest BCUT2D eigenvalue weighted by molar-refractivity contribution is 7.88. The summed E-state index contributed by atoms with van der Waals surface area (Å²) in [6.07, 6.45) is 5.57. The highest BCUT2D eigenvalue weighted by Gasteiger charge is 2.40. The number of sulfonamides is 1. The fourth-order valence-electron chi connectivity index (χ4n) is 5.35. The Kier molecular flexibility index (Phi) is 9.07. The zero-order valence-electron chi connectivity index (χ0n) is 22.8. The zero-order valence-corrected chi connectivity index (χ0v) is 24.4. The maximum absolute atomic E-state index is 14.1. The van der Waals surface area contributed by atoms with Crippen molar-refractivity contribution in [1.82, 2.24) is 14.9 Å². The van der Waals surface area contributed by atoms with Crippen molar-refractivity contribution in [2.24, 2.45) is 5.92 Å². The van der Waals surface area contributed by atoms with E-state index in [1.165, 1.54) is 6.26 Å². The first kappa shape index (κ1) is 28.9. The lowest BCUT2D eigenvalue weighted by atomic mass is 9.77. The van der Waals surface area contributed by atoms with Crippen LogP contribution in [-0.2, 0) is 20.2 Å². The molecule has 2 N–H and O–H groups in total. The quantitative estimate of drug-likeness (QED) is 0.419. The Labute approximate surface area is 232 Å². The number of nitrogens with zero attached hydrogens (tertiary/aromatic N) is 1. The van der Waals surface area contributed by atoms with Gasteiger partial charge in [0.25, 0.3) is 0 Å². The predicted octanol–water partition coefficient (Wildman–Crippen LogP) is 4.59. The summed E-state index contributed by atoms with van der Waals surface area (Å²) < 4.78 is 31.3. The molecule has 0 bridgehead atoms. The molecule has 1 amide bonds. The Hall–Kier alpha value is -2.13. The van der Waals surface area contributed by atoms with Crippen LogP contribution in [0.4, 0.5) is 0 Å². The molecule has 38 heavy (non-hydrogen) atoms. The Morgan fingerprint density at radius 3 is 2.34 bits per heavy atom. The van der Waals surface area contributed by atoms with Gasteiger partial charge in [-0.3, -0.25) is 4.79 Å². The van der Waals surface area contributed by atoms with Gasteiger partial charge in [0.05, 0.1) is 24.8 Å². The molecule has 7 nitrogen and oxygen atoms in total. The Bertz CT molecular complexity index is 1220. The molecule has 1 saturated heterocycles. The van der Waals surface area contributed by atoms with Crippen molar-refractivity contribution in [2.45, 2.75) is 63.5 Å². The first-order valence-corrected chi connectivity index (χ1v) is 15.7. The van der Waals surface area contributed by atoms with Gasteiger partial charge in [-0.1, -0.05) is 35.9 Å². The topological polar surface area (TPSA) is 87.7 Å². The van der Waals surface area contributed by atoms with Crippen molar-refractivity contribution in [1.29, 1.82) is 0 Å². The van der Waals surface area contributed by atoms with Crippen LogP contribution in [0.5, 0.6) is 5.75 Å². The van der Waals surface area contributed by atoms with Gasteiger partial charge in [-0.15, -0.1) is 0 Å². The van der Waals surface area contributed by atoms with Gasteiger partial charge >= 0.3 is 0 Å². The monoisotopic (exact) mass is 561 g/mol. The Morgan fingerprint density at radius 2 is 1.79 bits per heavy atom. The summed E-state index contributed by atoms with van der Waals surface area (Å²) in [5.74, 6) is 1.25. The molecule has 2 fully saturated rings. The number of ether oxygens (including phenoxy) is 1. The van der Waals surface area contributed by atoms with Gasteiger partial charge in [0.15, 0.2) is 0 Å². The third kappa shape index (κ3) is 7.29. The standard InChI is InChI=1S/C29H40ClN3O4S/c1-20-19-23(9-12-26(20)30)29(2,15-18-33-16-13-24(14-17-33)32-38(4,35)36)28(34)31-27(21-5-6-21)22-7-10-25(37-3)11-8-22/h7-12,19,21,24,27,32H,5-6,13-18H2,1-4H3,(H,31,34). The van der Waals surface area contributed by atoms with Gasteiger partial charge < -0.3 is 15.0 Å². The van der Waals surface area contributed by atoms with Gasteiger partial charge in [-0.25, -0.2) is 13.1 Å². The second-order valence-electron chi connectivity index (χ2n) is 11.1. The number of nitrogens with one attached hydrogen (secondary N) is 2. The predicted molar refractivity (Wildman–Crippen MR) is 152 cm³/mol. The number of halogens is 1. The van der Waals surface area contributed by atoms with Gasteiger partial charge in [0, 0.05) is 11.1 Å². The lowest BCUT2D eigenvalue weighted by molar-refractivity contribution is -0.127. The fourth-order valence-corrected chi connectivity index (χ4v) is 6.31. The summed E-state index contributed by atoms with van der Waals surface area (Å²) in [6.45, 7) is 6.32. The molecular formula is C29H40ClN3O4S. The second-order valence-corrected chi connectivity index (χ2v) is 13.3. The molecule has 2 aliphatic rings. The van der Waals surface area contributed by atoms with Crippen LogP contribution in [0.15, 0.2) is 42.5 Å². The number of carbonyl (C=O) groups excluding carboxylic acids is 1. The Morgan fingerprint density at radius 1 is 1.13 bits per heavy atom. The molecule has 0 spiro atoms. The zero-order chi connectivity index (χ0) is 27.5. The van der Waals surface area contributed by atoms with Crippen LogP contribution in [0.1, 0.15) is 61.8 Å². The first-order valence-electron chi connectivity index (χ1n) is 13.4. The van der Waals surface area contributed by atoms with Crippen LogP contribution in [-0.4, -0.2) is 58.3 Å². The molecule has 9 heteroatoms. The molecule has 0 radical (unpaired) electrons. The van der Waals surface area contributed by atoms with E-state index >= 15 is 0 Å². The summed E-state index contributed by atoms with van der Waals surface area (Å²) in [5.41, 5.74) is 2.24. The Balaban J connectivity index is 1.51. The smallest absolute Gasteiger partial charge is 0.230 e. The molecule has 0 aromatic heterocycles. The second kappa shape index (κ2) is 11.9. The summed E-state index contributed by atoms with van der Waals surface area (Å²) in [7, 11) is -1.56. The van der Waals surface area contributed by atoms with E-state index in [2.05, 4.69) is 14.9 Å². The first-order chi connectivity index (χ1) is 18.0. The van der Waals surface area contributed by atoms with E-state index in [0.29, 0.717) is 17.4 Å².